The van der Waals surface area contributed by atoms with Crippen molar-refractivity contribution in [1.82, 2.24) is 9.97 Å². The Kier molecular flexibility index (Phi) is 12.3. The summed E-state index contributed by atoms with van der Waals surface area (Å²) in [6.07, 6.45) is 10.8. The zero-order chi connectivity index (χ0) is 40.3. The van der Waals surface area contributed by atoms with E-state index in [0.717, 1.165) is 92.7 Å². The highest BCUT2D eigenvalue weighted by Gasteiger charge is 2.38. The Balaban J connectivity index is 1.74. The highest BCUT2D eigenvalue weighted by atomic mass is 16.5. The normalized spacial score (nSPS) is 17.6. The van der Waals surface area contributed by atoms with Gasteiger partial charge in [-0.3, -0.25) is 14.6 Å². The smallest absolute Gasteiger partial charge is 0.338 e. The lowest BCUT2D eigenvalue weighted by Gasteiger charge is -2.27. The lowest BCUT2D eigenvalue weighted by atomic mass is 9.79. The summed E-state index contributed by atoms with van der Waals surface area (Å²) in [5, 5.41) is 1.76. The molecule has 294 valence electrons. The van der Waals surface area contributed by atoms with Gasteiger partial charge in [-0.25, -0.2) is 9.79 Å². The minimum absolute atomic E-state index is 0.209. The fourth-order valence-corrected chi connectivity index (χ4v) is 8.79. The first-order chi connectivity index (χ1) is 27.0. The second-order valence-corrected chi connectivity index (χ2v) is 14.5. The molecule has 8 bridgehead atoms. The second-order valence-electron chi connectivity index (χ2n) is 14.5. The van der Waals surface area contributed by atoms with E-state index in [1.807, 2.05) is 37.3 Å². The molecule has 0 amide bonds. The molecule has 2 aromatic heterocycles. The summed E-state index contributed by atoms with van der Waals surface area (Å²) in [6.45, 7) is 12.8. The predicted molar refractivity (Wildman–Crippen MR) is 221 cm³/mol. The van der Waals surface area contributed by atoms with Crippen molar-refractivity contribution in [2.45, 2.75) is 105 Å². The van der Waals surface area contributed by atoms with Gasteiger partial charge in [0, 0.05) is 34.9 Å². The van der Waals surface area contributed by atoms with Gasteiger partial charge in [0.2, 0.25) is 0 Å². The minimum atomic E-state index is -0.389. The Morgan fingerprint density at radius 2 is 1.41 bits per heavy atom. The fourth-order valence-electron chi connectivity index (χ4n) is 8.79. The number of nitrogens with one attached hydrogen (secondary N) is 2. The standard InChI is InChI=1S/C46H54N4O6/c1-10-27-29(12-3)44-43(33-16-14-15-17-34(33)46(53)56-9)45-30(13-4)28(11-2)38(50-45)23-36-26(6)32(19-21-42(52)55-8)40(48-36)24-39-31(18-20-41(51)54-7)25(5)35(47-39)22-37(27)49-44/h14-17,22-24,43-44,48,50H,10-13,18-21H2,1-9H3. The molecule has 0 aliphatic carbocycles. The third-order valence-electron chi connectivity index (χ3n) is 11.7. The number of carbonyl (C=O) groups excluding carboxylic acids is 3. The van der Waals surface area contributed by atoms with Crippen LogP contribution in [0.4, 0.5) is 0 Å². The van der Waals surface area contributed by atoms with Gasteiger partial charge in [-0.1, -0.05) is 45.9 Å². The molecule has 10 nitrogen and oxygen atoms in total. The quantitative estimate of drug-likeness (QED) is 0.151. The topological polar surface area (TPSA) is 135 Å². The molecule has 0 saturated heterocycles. The van der Waals surface area contributed by atoms with E-state index in [1.54, 1.807) is 0 Å². The monoisotopic (exact) mass is 758 g/mol. The van der Waals surface area contributed by atoms with Crippen molar-refractivity contribution in [2.24, 2.45) is 9.98 Å². The van der Waals surface area contributed by atoms with Gasteiger partial charge >= 0.3 is 17.9 Å². The van der Waals surface area contributed by atoms with E-state index in [2.05, 4.69) is 56.7 Å². The summed E-state index contributed by atoms with van der Waals surface area (Å²) in [6, 6.07) is 7.44. The molecule has 3 aliphatic heterocycles. The van der Waals surface area contributed by atoms with Gasteiger partial charge in [0.25, 0.3) is 0 Å². The van der Waals surface area contributed by atoms with Crippen LogP contribution in [-0.4, -0.2) is 66.7 Å². The highest BCUT2D eigenvalue weighted by Crippen LogP contribution is 2.44. The maximum absolute atomic E-state index is 13.5. The van der Waals surface area contributed by atoms with Crippen molar-refractivity contribution in [3.63, 3.8) is 0 Å². The van der Waals surface area contributed by atoms with Crippen LogP contribution in [0.5, 0.6) is 0 Å². The van der Waals surface area contributed by atoms with Crippen molar-refractivity contribution in [2.75, 3.05) is 21.3 Å². The van der Waals surface area contributed by atoms with Crippen LogP contribution in [0.25, 0.3) is 12.2 Å². The number of methoxy groups -OCH3 is 3. The van der Waals surface area contributed by atoms with Crippen LogP contribution in [0, 0.1) is 6.92 Å². The molecule has 6 rings (SSSR count). The van der Waals surface area contributed by atoms with Crippen molar-refractivity contribution >= 4 is 41.5 Å². The zero-order valence-electron chi connectivity index (χ0n) is 34.2. The molecule has 0 saturated carbocycles. The molecule has 5 heterocycles. The molecule has 0 radical (unpaired) electrons. The molecular formula is C46H54N4O6. The van der Waals surface area contributed by atoms with Crippen LogP contribution in [0.3, 0.4) is 0 Å². The van der Waals surface area contributed by atoms with E-state index in [1.165, 1.54) is 43.6 Å². The van der Waals surface area contributed by atoms with E-state index in [0.29, 0.717) is 18.4 Å². The Morgan fingerprint density at radius 1 is 0.714 bits per heavy atom. The van der Waals surface area contributed by atoms with Crippen molar-refractivity contribution in [1.29, 1.82) is 0 Å². The Labute approximate surface area is 329 Å². The number of carbonyl (C=O) groups is 3. The Morgan fingerprint density at radius 3 is 2.05 bits per heavy atom. The van der Waals surface area contributed by atoms with E-state index in [-0.39, 0.29) is 42.7 Å². The number of aliphatic imine (C=N–C) groups is 2. The maximum atomic E-state index is 13.5. The molecule has 3 aromatic rings. The predicted octanol–water partition coefficient (Wildman–Crippen LogP) is 6.97. The third kappa shape index (κ3) is 7.41. The highest BCUT2D eigenvalue weighted by molar-refractivity contribution is 6.24. The number of hydrogen-bond donors (Lipinski definition) is 2. The molecule has 2 unspecified atom stereocenters. The SMILES string of the molecule is CCC1=C(CC)C2N=C1C=C1N=C(C=c3[nH]c(c(C)c3CCC(=O)OC)=Cc3[nH]c(c(CC)c3CC)C2c2ccccc2C(=O)OC)C(CCC(=O)OC)=C1C. The van der Waals surface area contributed by atoms with Crippen LogP contribution in [-0.2, 0) is 43.1 Å². The molecule has 3 aliphatic rings. The third-order valence-corrected chi connectivity index (χ3v) is 11.7. The van der Waals surface area contributed by atoms with E-state index in [9.17, 15) is 14.4 Å². The number of aromatic nitrogens is 2. The lowest BCUT2D eigenvalue weighted by molar-refractivity contribution is -0.141. The summed E-state index contributed by atoms with van der Waals surface area (Å²) in [4.78, 5) is 56.8. The number of benzene rings is 1. The number of nitrogens with zero attached hydrogens (tertiary/aromatic N) is 2. The van der Waals surface area contributed by atoms with E-state index < -0.39 is 0 Å². The molecular weight excluding hydrogens is 705 g/mol. The number of allylic oxidation sites excluding steroid dienone is 4. The van der Waals surface area contributed by atoms with E-state index in [4.69, 9.17) is 24.2 Å². The van der Waals surface area contributed by atoms with Gasteiger partial charge < -0.3 is 24.2 Å². The molecule has 2 N–H and O–H groups in total. The first-order valence-corrected chi connectivity index (χ1v) is 19.8. The number of fused-ring (bicyclic) bond motifs is 6. The van der Waals surface area contributed by atoms with Gasteiger partial charge in [-0.2, -0.15) is 0 Å². The molecule has 0 spiro atoms. The number of rotatable bonds is 12. The van der Waals surface area contributed by atoms with Crippen LogP contribution < -0.4 is 10.7 Å². The number of H-pyrrole nitrogens is 2. The van der Waals surface area contributed by atoms with Gasteiger partial charge in [0.15, 0.2) is 0 Å². The van der Waals surface area contributed by atoms with Crippen LogP contribution >= 0.6 is 0 Å². The number of esters is 3. The Hall–Kier alpha value is -5.51. The Bertz CT molecular complexity index is 2360. The first kappa shape index (κ1) is 40.2. The van der Waals surface area contributed by atoms with Crippen molar-refractivity contribution < 1.29 is 28.6 Å². The number of hydrogen-bond acceptors (Lipinski definition) is 8. The molecule has 1 aromatic carbocycles. The van der Waals surface area contributed by atoms with Crippen LogP contribution in [0.1, 0.15) is 122 Å². The molecule has 10 heteroatoms. The first-order valence-electron chi connectivity index (χ1n) is 19.8. The molecule has 2 atom stereocenters. The summed E-state index contributed by atoms with van der Waals surface area (Å²) >= 11 is 0. The van der Waals surface area contributed by atoms with Gasteiger partial charge in [-0.05, 0) is 127 Å². The minimum Gasteiger partial charge on any atom is -0.469 e. The molecule has 56 heavy (non-hydrogen) atoms. The lowest BCUT2D eigenvalue weighted by Crippen LogP contribution is -2.23. The van der Waals surface area contributed by atoms with Gasteiger partial charge in [-0.15, -0.1) is 0 Å². The second kappa shape index (κ2) is 17.1. The average Bonchev–Trinajstić information content (AvgIpc) is 3.92. The summed E-state index contributed by atoms with van der Waals surface area (Å²) < 4.78 is 15.4. The number of aromatic amines is 2. The van der Waals surface area contributed by atoms with Gasteiger partial charge in [0.1, 0.15) is 0 Å². The molecule has 0 fully saturated rings. The summed E-state index contributed by atoms with van der Waals surface area (Å²) in [5.41, 5.74) is 14.6. The van der Waals surface area contributed by atoms with Crippen LogP contribution in [0.15, 0.2) is 68.3 Å². The average molecular weight is 759 g/mol. The van der Waals surface area contributed by atoms with Crippen LogP contribution in [0.2, 0.25) is 0 Å². The largest absolute Gasteiger partial charge is 0.469 e. The van der Waals surface area contributed by atoms with Crippen molar-refractivity contribution in [3.05, 3.63) is 114 Å². The maximum Gasteiger partial charge on any atom is 0.338 e. The zero-order valence-corrected chi connectivity index (χ0v) is 34.2. The van der Waals surface area contributed by atoms with E-state index >= 15 is 0 Å². The van der Waals surface area contributed by atoms with Crippen molar-refractivity contribution in [3.8, 4) is 0 Å². The van der Waals surface area contributed by atoms with Gasteiger partial charge in [0.05, 0.1) is 56.0 Å². The number of ether oxygens (including phenoxy) is 3. The fraction of sp³-hybridized carbons (Fsp3) is 0.413. The summed E-state index contributed by atoms with van der Waals surface area (Å²) in [5.74, 6) is -1.29. The summed E-state index contributed by atoms with van der Waals surface area (Å²) in [7, 11) is 4.23.